The van der Waals surface area contributed by atoms with Gasteiger partial charge in [0.25, 0.3) is 0 Å². The number of rotatable bonds is 8. The Bertz CT molecular complexity index is 3960. The molecule has 312 valence electrons. The van der Waals surface area contributed by atoms with E-state index in [9.17, 15) is 0 Å². The Morgan fingerprint density at radius 2 is 0.894 bits per heavy atom. The topological polar surface area (TPSA) is 19.6 Å². The molecular weight excluding hydrogens is 808 g/mol. The largest absolute Gasteiger partial charge is 0.454 e. The lowest BCUT2D eigenvalue weighted by Crippen LogP contribution is -2.14. The van der Waals surface area contributed by atoms with E-state index in [4.69, 9.17) is 4.42 Å². The Morgan fingerprint density at radius 3 is 1.52 bits per heavy atom. The summed E-state index contributed by atoms with van der Waals surface area (Å²) in [5.74, 6) is -0.302. The summed E-state index contributed by atoms with van der Waals surface area (Å²) in [5, 5.41) is 11.4. The fourth-order valence-electron chi connectivity index (χ4n) is 10.7. The van der Waals surface area contributed by atoms with Crippen LogP contribution in [0.5, 0.6) is 0 Å². The van der Waals surface area contributed by atoms with Crippen LogP contribution < -0.4 is 9.80 Å². The van der Waals surface area contributed by atoms with E-state index in [2.05, 4.69) is 163 Å². The quantitative estimate of drug-likeness (QED) is 0.142. The zero-order chi connectivity index (χ0) is 44.0. The van der Waals surface area contributed by atoms with E-state index < -0.39 is 0 Å². The van der Waals surface area contributed by atoms with Crippen molar-refractivity contribution in [1.82, 2.24) is 0 Å². The first-order chi connectivity index (χ1) is 32.5. The molecule has 0 spiro atoms. The normalized spacial score (nSPS) is 11.9. The summed E-state index contributed by atoms with van der Waals surface area (Å²) in [4.78, 5) is 4.51. The van der Waals surface area contributed by atoms with Crippen molar-refractivity contribution in [2.75, 3.05) is 9.80 Å². The van der Waals surface area contributed by atoms with Crippen molar-refractivity contribution in [3.05, 3.63) is 229 Å². The molecule has 0 unspecified atom stereocenters. The minimum absolute atomic E-state index is 0.302. The van der Waals surface area contributed by atoms with Gasteiger partial charge in [-0.05, 0) is 135 Å². The molecule has 0 atom stereocenters. The first-order valence-corrected chi connectivity index (χ1v) is 22.5. The number of para-hydroxylation sites is 2. The van der Waals surface area contributed by atoms with Gasteiger partial charge in [-0.1, -0.05) is 152 Å². The fourth-order valence-corrected chi connectivity index (χ4v) is 10.7. The number of anilines is 6. The van der Waals surface area contributed by atoms with E-state index in [0.717, 1.165) is 111 Å². The monoisotopic (exact) mass is 848 g/mol. The lowest BCUT2D eigenvalue weighted by Gasteiger charge is -2.31. The summed E-state index contributed by atoms with van der Waals surface area (Å²) in [5.41, 5.74) is 12.9. The van der Waals surface area contributed by atoms with Gasteiger partial charge in [-0.25, -0.2) is 4.39 Å². The third kappa shape index (κ3) is 5.75. The van der Waals surface area contributed by atoms with Crippen LogP contribution in [-0.4, -0.2) is 0 Å². The number of hydrogen-bond donors (Lipinski definition) is 0. The second-order valence-corrected chi connectivity index (χ2v) is 17.5. The van der Waals surface area contributed by atoms with Crippen LogP contribution in [0.15, 0.2) is 217 Å². The first kappa shape index (κ1) is 38.0. The van der Waals surface area contributed by atoms with E-state index in [1.165, 1.54) is 16.2 Å². The standard InChI is InChI=1S/C62H41FN2O/c1-38-34-54(64(45-21-11-5-12-22-45)53-33-28-43-27-26-42-20-15-25-56-57(42)58(43)62(53)66-56)49-31-29-48-39(2)35-55(50-32-30-47(38)59(49)60(48)50)65(46-23-13-6-14-24-46)61-51(41-18-9-4-10-19-41)36-44(37-52(61)63)40-16-7-3-8-17-40/h3-37H,1-2H3. The summed E-state index contributed by atoms with van der Waals surface area (Å²) in [7, 11) is 0. The Morgan fingerprint density at radius 1 is 0.379 bits per heavy atom. The van der Waals surface area contributed by atoms with E-state index in [-0.39, 0.29) is 5.82 Å². The number of aryl methyl sites for hydroxylation is 2. The molecule has 13 rings (SSSR count). The summed E-state index contributed by atoms with van der Waals surface area (Å²) in [6, 6.07) is 73.7. The van der Waals surface area contributed by atoms with Gasteiger partial charge in [-0.15, -0.1) is 0 Å². The van der Waals surface area contributed by atoms with Gasteiger partial charge >= 0.3 is 0 Å². The molecule has 0 fully saturated rings. The summed E-state index contributed by atoms with van der Waals surface area (Å²) in [6.45, 7) is 4.40. The molecule has 0 aliphatic carbocycles. The highest BCUT2D eigenvalue weighted by molar-refractivity contribution is 6.30. The van der Waals surface area contributed by atoms with E-state index in [1.807, 2.05) is 66.7 Å². The fraction of sp³-hybridized carbons (Fsp3) is 0.0323. The molecule has 66 heavy (non-hydrogen) atoms. The Kier molecular flexibility index (Phi) is 8.53. The van der Waals surface area contributed by atoms with Crippen molar-refractivity contribution in [2.24, 2.45) is 0 Å². The zero-order valence-electron chi connectivity index (χ0n) is 36.4. The Hall–Kier alpha value is -8.47. The Labute approximate surface area is 381 Å². The summed E-state index contributed by atoms with van der Waals surface area (Å²) < 4.78 is 24.6. The molecule has 4 heteroatoms. The van der Waals surface area contributed by atoms with Crippen molar-refractivity contribution in [1.29, 1.82) is 0 Å². The van der Waals surface area contributed by atoms with Crippen LogP contribution in [0, 0.1) is 19.7 Å². The second-order valence-electron chi connectivity index (χ2n) is 17.5. The highest BCUT2D eigenvalue weighted by Gasteiger charge is 2.28. The van der Waals surface area contributed by atoms with E-state index >= 15 is 4.39 Å². The van der Waals surface area contributed by atoms with Gasteiger partial charge < -0.3 is 14.2 Å². The minimum Gasteiger partial charge on any atom is -0.454 e. The maximum Gasteiger partial charge on any atom is 0.160 e. The number of hydrogen-bond acceptors (Lipinski definition) is 3. The molecular formula is C62H41FN2O. The zero-order valence-corrected chi connectivity index (χ0v) is 36.4. The smallest absolute Gasteiger partial charge is 0.160 e. The van der Waals surface area contributed by atoms with Crippen molar-refractivity contribution in [3.63, 3.8) is 0 Å². The van der Waals surface area contributed by atoms with Crippen LogP contribution in [0.3, 0.4) is 0 Å². The van der Waals surface area contributed by atoms with Crippen LogP contribution >= 0.6 is 0 Å². The highest BCUT2D eigenvalue weighted by Crippen LogP contribution is 2.53. The van der Waals surface area contributed by atoms with Crippen molar-refractivity contribution < 1.29 is 8.81 Å². The molecule has 0 bridgehead atoms. The van der Waals surface area contributed by atoms with Crippen molar-refractivity contribution in [3.8, 4) is 22.3 Å². The third-order valence-corrected chi connectivity index (χ3v) is 13.6. The minimum atomic E-state index is -0.302. The predicted molar refractivity (Wildman–Crippen MR) is 276 cm³/mol. The molecule has 3 nitrogen and oxygen atoms in total. The van der Waals surface area contributed by atoms with Gasteiger partial charge in [0, 0.05) is 38.5 Å². The SMILES string of the molecule is Cc1cc(N(c2ccccc2)c2c(F)cc(-c3ccccc3)cc2-c2ccccc2)c2ccc3c(C)cc(N(c4ccccc4)c4ccc5ccc6cccc7oc4c5c67)c4ccc1c2c34. The van der Waals surface area contributed by atoms with Gasteiger partial charge in [0.15, 0.2) is 5.58 Å². The Balaban J connectivity index is 1.10. The molecule has 13 aromatic rings. The number of halogens is 1. The predicted octanol–water partition coefficient (Wildman–Crippen LogP) is 18.1. The highest BCUT2D eigenvalue weighted by atomic mass is 19.1. The third-order valence-electron chi connectivity index (χ3n) is 13.6. The molecule has 1 aromatic heterocycles. The van der Waals surface area contributed by atoms with Crippen LogP contribution in [-0.2, 0) is 0 Å². The average Bonchev–Trinajstić information content (AvgIpc) is 3.77. The van der Waals surface area contributed by atoms with Crippen LogP contribution in [0.4, 0.5) is 38.5 Å². The second kappa shape index (κ2) is 14.8. The number of nitrogens with zero attached hydrogens (tertiary/aromatic N) is 2. The number of benzene rings is 12. The van der Waals surface area contributed by atoms with Crippen LogP contribution in [0.1, 0.15) is 11.1 Å². The molecule has 0 N–H and O–H groups in total. The summed E-state index contributed by atoms with van der Waals surface area (Å²) in [6.07, 6.45) is 0. The molecule has 0 amide bonds. The molecule has 0 aliphatic heterocycles. The van der Waals surface area contributed by atoms with Crippen molar-refractivity contribution >= 4 is 99.2 Å². The molecule has 0 saturated heterocycles. The van der Waals surface area contributed by atoms with Crippen LogP contribution in [0.25, 0.3) is 87.3 Å². The molecule has 12 aromatic carbocycles. The van der Waals surface area contributed by atoms with Crippen molar-refractivity contribution in [2.45, 2.75) is 13.8 Å². The lowest BCUT2D eigenvalue weighted by molar-refractivity contribution is 0.630. The van der Waals surface area contributed by atoms with Gasteiger partial charge in [-0.2, -0.15) is 0 Å². The molecule has 0 radical (unpaired) electrons. The van der Waals surface area contributed by atoms with Gasteiger partial charge in [0.1, 0.15) is 11.4 Å². The van der Waals surface area contributed by atoms with E-state index in [0.29, 0.717) is 5.69 Å². The van der Waals surface area contributed by atoms with Gasteiger partial charge in [-0.3, -0.25) is 0 Å². The van der Waals surface area contributed by atoms with Crippen LogP contribution in [0.2, 0.25) is 0 Å². The molecule has 1 heterocycles. The van der Waals surface area contributed by atoms with E-state index in [1.54, 1.807) is 6.07 Å². The lowest BCUT2D eigenvalue weighted by atomic mass is 9.88. The maximum atomic E-state index is 17.7. The molecule has 0 saturated carbocycles. The maximum absolute atomic E-state index is 17.7. The molecule has 0 aliphatic rings. The van der Waals surface area contributed by atoms with Gasteiger partial charge in [0.2, 0.25) is 0 Å². The number of furan rings is 1. The van der Waals surface area contributed by atoms with Gasteiger partial charge in [0.05, 0.1) is 22.7 Å². The first-order valence-electron chi connectivity index (χ1n) is 22.5. The average molecular weight is 849 g/mol. The summed E-state index contributed by atoms with van der Waals surface area (Å²) >= 11 is 0.